The van der Waals surface area contributed by atoms with Crippen molar-refractivity contribution < 1.29 is 14.3 Å². The Morgan fingerprint density at radius 3 is 2.57 bits per heavy atom. The van der Waals surface area contributed by atoms with Gasteiger partial charge in [-0.3, -0.25) is 9.79 Å². The molecule has 0 aromatic heterocycles. The van der Waals surface area contributed by atoms with Crippen molar-refractivity contribution in [2.75, 3.05) is 40.5 Å². The maximum absolute atomic E-state index is 11.3. The van der Waals surface area contributed by atoms with E-state index in [1.165, 1.54) is 19.3 Å². The number of rotatable bonds is 10. The normalized spacial score (nSPS) is 16.0. The van der Waals surface area contributed by atoms with Crippen LogP contribution in [0.25, 0.3) is 0 Å². The van der Waals surface area contributed by atoms with Crippen LogP contribution in [0.15, 0.2) is 4.99 Å². The van der Waals surface area contributed by atoms with Gasteiger partial charge in [-0.05, 0) is 38.0 Å². The van der Waals surface area contributed by atoms with Crippen LogP contribution in [0.2, 0.25) is 0 Å². The quantitative estimate of drug-likeness (QED) is 0.179. The van der Waals surface area contributed by atoms with Gasteiger partial charge < -0.3 is 20.1 Å². The Hall–Kier alpha value is -0.570. The van der Waals surface area contributed by atoms with Crippen molar-refractivity contribution in [1.82, 2.24) is 10.6 Å². The van der Waals surface area contributed by atoms with Crippen LogP contribution in [0.4, 0.5) is 0 Å². The predicted molar refractivity (Wildman–Crippen MR) is 103 cm³/mol. The maximum atomic E-state index is 11.3. The zero-order valence-corrected chi connectivity index (χ0v) is 17.0. The summed E-state index contributed by atoms with van der Waals surface area (Å²) in [4.78, 5) is 15.5. The minimum absolute atomic E-state index is 0. The van der Waals surface area contributed by atoms with E-state index in [0.717, 1.165) is 32.0 Å². The van der Waals surface area contributed by atoms with Gasteiger partial charge in [0.25, 0.3) is 0 Å². The summed E-state index contributed by atoms with van der Waals surface area (Å²) in [5.74, 6) is 0.660. The summed E-state index contributed by atoms with van der Waals surface area (Å²) < 4.78 is 10.1. The Morgan fingerprint density at radius 1 is 1.30 bits per heavy atom. The zero-order valence-electron chi connectivity index (χ0n) is 14.7. The van der Waals surface area contributed by atoms with E-state index in [1.807, 2.05) is 6.92 Å². The fraction of sp³-hybridized carbons (Fsp3) is 0.875. The number of hydrogen-bond acceptors (Lipinski definition) is 4. The second-order valence-electron chi connectivity index (χ2n) is 5.86. The minimum atomic E-state index is -0.139. The van der Waals surface area contributed by atoms with E-state index in [-0.39, 0.29) is 29.9 Å². The van der Waals surface area contributed by atoms with Gasteiger partial charge in [-0.15, -0.1) is 24.0 Å². The Labute approximate surface area is 157 Å². The van der Waals surface area contributed by atoms with Crippen LogP contribution in [-0.2, 0) is 14.3 Å². The first-order chi connectivity index (χ1) is 10.7. The molecule has 1 saturated carbocycles. The molecule has 1 aliphatic rings. The lowest BCUT2D eigenvalue weighted by Gasteiger charge is -2.42. The highest BCUT2D eigenvalue weighted by Crippen LogP contribution is 2.43. The first-order valence-electron chi connectivity index (χ1n) is 8.25. The Morgan fingerprint density at radius 2 is 2.04 bits per heavy atom. The molecule has 0 amide bonds. The number of halogens is 1. The monoisotopic (exact) mass is 441 g/mol. The van der Waals surface area contributed by atoms with Gasteiger partial charge in [0.05, 0.1) is 6.61 Å². The number of nitrogens with zero attached hydrogens (tertiary/aromatic N) is 1. The van der Waals surface area contributed by atoms with Crippen LogP contribution in [0.1, 0.15) is 45.4 Å². The first-order valence-corrected chi connectivity index (χ1v) is 8.25. The third-order valence-electron chi connectivity index (χ3n) is 4.26. The fourth-order valence-electron chi connectivity index (χ4n) is 2.68. The average molecular weight is 441 g/mol. The van der Waals surface area contributed by atoms with Crippen molar-refractivity contribution >= 4 is 35.9 Å². The lowest BCUT2D eigenvalue weighted by molar-refractivity contribution is -0.143. The van der Waals surface area contributed by atoms with E-state index in [0.29, 0.717) is 25.0 Å². The van der Waals surface area contributed by atoms with Gasteiger partial charge in [-0.2, -0.15) is 0 Å². The maximum Gasteiger partial charge on any atom is 0.305 e. The molecule has 0 saturated heterocycles. The van der Waals surface area contributed by atoms with Crippen molar-refractivity contribution in [2.24, 2.45) is 10.4 Å². The molecule has 0 atom stereocenters. The van der Waals surface area contributed by atoms with Gasteiger partial charge >= 0.3 is 5.97 Å². The van der Waals surface area contributed by atoms with E-state index >= 15 is 0 Å². The Balaban J connectivity index is 0.00000484. The average Bonchev–Trinajstić information content (AvgIpc) is 2.48. The molecule has 1 rings (SSSR count). The van der Waals surface area contributed by atoms with Gasteiger partial charge in [-0.25, -0.2) is 0 Å². The van der Waals surface area contributed by atoms with E-state index in [2.05, 4.69) is 15.6 Å². The molecular weight excluding hydrogens is 409 g/mol. The van der Waals surface area contributed by atoms with Crippen LogP contribution >= 0.6 is 24.0 Å². The van der Waals surface area contributed by atoms with Crippen molar-refractivity contribution in [2.45, 2.75) is 45.4 Å². The Bertz CT molecular complexity index is 360. The summed E-state index contributed by atoms with van der Waals surface area (Å²) >= 11 is 0. The molecule has 0 aromatic carbocycles. The molecule has 0 spiro atoms. The molecule has 23 heavy (non-hydrogen) atoms. The number of carbonyl (C=O) groups is 1. The van der Waals surface area contributed by atoms with E-state index in [9.17, 15) is 4.79 Å². The SMILES string of the molecule is CCOC(=O)CCCNC(=NC)NCC1(CCOC)CCC1.I. The summed E-state index contributed by atoms with van der Waals surface area (Å²) in [5.41, 5.74) is 0.360. The molecule has 0 bridgehead atoms. The molecule has 0 aromatic rings. The molecule has 1 fully saturated rings. The molecule has 0 aliphatic heterocycles. The van der Waals surface area contributed by atoms with Crippen LogP contribution < -0.4 is 10.6 Å². The summed E-state index contributed by atoms with van der Waals surface area (Å²) in [6, 6.07) is 0. The van der Waals surface area contributed by atoms with E-state index < -0.39 is 0 Å². The third kappa shape index (κ3) is 8.74. The standard InChI is InChI=1S/C16H31N3O3.HI/c1-4-22-14(20)7-5-11-18-15(17-2)19-13-16(8-6-9-16)10-12-21-3;/h4-13H2,1-3H3,(H2,17,18,19);1H. The van der Waals surface area contributed by atoms with Crippen molar-refractivity contribution in [3.63, 3.8) is 0 Å². The number of esters is 1. The lowest BCUT2D eigenvalue weighted by Crippen LogP contribution is -2.47. The highest BCUT2D eigenvalue weighted by atomic mass is 127. The summed E-state index contributed by atoms with van der Waals surface area (Å²) in [7, 11) is 3.52. The molecule has 1 aliphatic carbocycles. The molecule has 0 heterocycles. The fourth-order valence-corrected chi connectivity index (χ4v) is 2.68. The summed E-state index contributed by atoms with van der Waals surface area (Å²) in [5, 5.41) is 6.65. The Kier molecular flexibility index (Phi) is 12.5. The molecule has 7 heteroatoms. The number of nitrogens with one attached hydrogen (secondary N) is 2. The number of carbonyl (C=O) groups excluding carboxylic acids is 1. The van der Waals surface area contributed by atoms with E-state index in [4.69, 9.17) is 9.47 Å². The van der Waals surface area contributed by atoms with Gasteiger partial charge in [0.2, 0.25) is 0 Å². The summed E-state index contributed by atoms with van der Waals surface area (Å²) in [6.07, 6.45) is 6.09. The van der Waals surface area contributed by atoms with E-state index in [1.54, 1.807) is 14.2 Å². The van der Waals surface area contributed by atoms with Crippen LogP contribution in [-0.4, -0.2) is 52.4 Å². The number of aliphatic imine (C=N–C) groups is 1. The molecule has 6 nitrogen and oxygen atoms in total. The smallest absolute Gasteiger partial charge is 0.305 e. The highest BCUT2D eigenvalue weighted by Gasteiger charge is 2.36. The highest BCUT2D eigenvalue weighted by molar-refractivity contribution is 14.0. The van der Waals surface area contributed by atoms with Crippen molar-refractivity contribution in [3.05, 3.63) is 0 Å². The van der Waals surface area contributed by atoms with Crippen LogP contribution in [0.5, 0.6) is 0 Å². The van der Waals surface area contributed by atoms with Crippen molar-refractivity contribution in [3.8, 4) is 0 Å². The molecule has 0 unspecified atom stereocenters. The van der Waals surface area contributed by atoms with Gasteiger partial charge in [0.15, 0.2) is 5.96 Å². The summed E-state index contributed by atoms with van der Waals surface area (Å²) in [6.45, 7) is 4.71. The number of guanidine groups is 1. The molecule has 2 N–H and O–H groups in total. The number of methoxy groups -OCH3 is 1. The minimum Gasteiger partial charge on any atom is -0.466 e. The number of hydrogen-bond donors (Lipinski definition) is 2. The second kappa shape index (κ2) is 12.8. The second-order valence-corrected chi connectivity index (χ2v) is 5.86. The molecular formula is C16H32IN3O3. The topological polar surface area (TPSA) is 72.0 Å². The lowest BCUT2D eigenvalue weighted by atomic mass is 9.67. The van der Waals surface area contributed by atoms with Crippen molar-refractivity contribution in [1.29, 1.82) is 0 Å². The molecule has 136 valence electrons. The first kappa shape index (κ1) is 22.4. The van der Waals surface area contributed by atoms with Gasteiger partial charge in [0, 0.05) is 40.3 Å². The third-order valence-corrected chi connectivity index (χ3v) is 4.26. The van der Waals surface area contributed by atoms with Crippen LogP contribution in [0.3, 0.4) is 0 Å². The predicted octanol–water partition coefficient (Wildman–Crippen LogP) is 2.32. The largest absolute Gasteiger partial charge is 0.466 e. The number of ether oxygens (including phenoxy) is 2. The van der Waals surface area contributed by atoms with Gasteiger partial charge in [-0.1, -0.05) is 6.42 Å². The van der Waals surface area contributed by atoms with Crippen LogP contribution in [0, 0.1) is 5.41 Å². The molecule has 0 radical (unpaired) electrons. The van der Waals surface area contributed by atoms with Gasteiger partial charge in [0.1, 0.15) is 0 Å². The zero-order chi connectivity index (χ0) is 16.3.